The standard InChI is InChI=1S/C10H15N3.2ClH/c1-13(2)7-8-3-5-9(6-4-8)10(11)12;;/h3-6H,7H2,1-2H3,(H3,11,12);2*1H. The highest BCUT2D eigenvalue weighted by atomic mass is 35.5. The molecule has 86 valence electrons. The van der Waals surface area contributed by atoms with E-state index < -0.39 is 0 Å². The predicted octanol–water partition coefficient (Wildman–Crippen LogP) is 1.88. The zero-order chi connectivity index (χ0) is 9.84. The van der Waals surface area contributed by atoms with Crippen molar-refractivity contribution in [2.24, 2.45) is 5.73 Å². The lowest BCUT2D eigenvalue weighted by molar-refractivity contribution is 0.402. The van der Waals surface area contributed by atoms with Crippen LogP contribution in [0.2, 0.25) is 0 Å². The van der Waals surface area contributed by atoms with E-state index in [9.17, 15) is 0 Å². The number of benzene rings is 1. The van der Waals surface area contributed by atoms with Crippen LogP contribution < -0.4 is 5.73 Å². The summed E-state index contributed by atoms with van der Waals surface area (Å²) in [5.41, 5.74) is 7.35. The third-order valence-corrected chi connectivity index (χ3v) is 1.76. The number of amidine groups is 1. The molecular formula is C10H17Cl2N3. The van der Waals surface area contributed by atoms with Crippen molar-refractivity contribution in [3.05, 3.63) is 35.4 Å². The number of nitrogens with two attached hydrogens (primary N) is 1. The van der Waals surface area contributed by atoms with Crippen LogP contribution in [0.3, 0.4) is 0 Å². The van der Waals surface area contributed by atoms with Crippen LogP contribution in [0.5, 0.6) is 0 Å². The van der Waals surface area contributed by atoms with Gasteiger partial charge in [0.25, 0.3) is 0 Å². The van der Waals surface area contributed by atoms with Crippen LogP contribution in [0.15, 0.2) is 24.3 Å². The Morgan fingerprint density at radius 3 is 2.00 bits per heavy atom. The number of hydrogen-bond donors (Lipinski definition) is 2. The van der Waals surface area contributed by atoms with Crippen molar-refractivity contribution < 1.29 is 0 Å². The first kappa shape index (κ1) is 16.7. The quantitative estimate of drug-likeness (QED) is 0.635. The van der Waals surface area contributed by atoms with E-state index in [2.05, 4.69) is 4.90 Å². The Morgan fingerprint density at radius 1 is 1.20 bits per heavy atom. The molecule has 0 aliphatic carbocycles. The molecule has 0 aliphatic rings. The molecule has 0 atom stereocenters. The normalized spacial score (nSPS) is 9.00. The zero-order valence-electron chi connectivity index (χ0n) is 8.86. The van der Waals surface area contributed by atoms with Gasteiger partial charge in [0, 0.05) is 12.1 Å². The van der Waals surface area contributed by atoms with Gasteiger partial charge in [-0.15, -0.1) is 24.8 Å². The van der Waals surface area contributed by atoms with Gasteiger partial charge in [-0.25, -0.2) is 0 Å². The summed E-state index contributed by atoms with van der Waals surface area (Å²) in [6.07, 6.45) is 0. The van der Waals surface area contributed by atoms with Gasteiger partial charge in [0.15, 0.2) is 0 Å². The number of rotatable bonds is 3. The molecule has 0 fully saturated rings. The summed E-state index contributed by atoms with van der Waals surface area (Å²) < 4.78 is 0. The number of nitrogens with zero attached hydrogens (tertiary/aromatic N) is 1. The SMILES string of the molecule is CN(C)Cc1ccc(C(=N)N)cc1.Cl.Cl. The van der Waals surface area contributed by atoms with Gasteiger partial charge in [0.05, 0.1) is 0 Å². The van der Waals surface area contributed by atoms with Crippen LogP contribution in [0.25, 0.3) is 0 Å². The third-order valence-electron chi connectivity index (χ3n) is 1.76. The Bertz CT molecular complexity index is 296. The molecule has 0 radical (unpaired) electrons. The van der Waals surface area contributed by atoms with E-state index in [0.29, 0.717) is 0 Å². The lowest BCUT2D eigenvalue weighted by atomic mass is 10.1. The number of halogens is 2. The molecular weight excluding hydrogens is 233 g/mol. The summed E-state index contributed by atoms with van der Waals surface area (Å²) in [6.45, 7) is 0.915. The van der Waals surface area contributed by atoms with Gasteiger partial charge < -0.3 is 10.6 Å². The van der Waals surface area contributed by atoms with Crippen LogP contribution in [0.1, 0.15) is 11.1 Å². The molecule has 0 bridgehead atoms. The minimum absolute atomic E-state index is 0. The second kappa shape index (κ2) is 7.51. The van der Waals surface area contributed by atoms with Crippen LogP contribution >= 0.6 is 24.8 Å². The molecule has 3 N–H and O–H groups in total. The van der Waals surface area contributed by atoms with Gasteiger partial charge in [0.1, 0.15) is 5.84 Å². The molecule has 0 saturated heterocycles. The van der Waals surface area contributed by atoms with Crippen molar-refractivity contribution in [2.75, 3.05) is 14.1 Å². The summed E-state index contributed by atoms with van der Waals surface area (Å²) in [7, 11) is 4.05. The number of nitrogens with one attached hydrogen (secondary N) is 1. The van der Waals surface area contributed by atoms with E-state index in [1.807, 2.05) is 38.4 Å². The molecule has 0 aliphatic heterocycles. The molecule has 0 saturated carbocycles. The minimum atomic E-state index is 0. The second-order valence-electron chi connectivity index (χ2n) is 3.35. The van der Waals surface area contributed by atoms with E-state index in [-0.39, 0.29) is 30.6 Å². The highest BCUT2D eigenvalue weighted by molar-refractivity contribution is 5.94. The van der Waals surface area contributed by atoms with Gasteiger partial charge in [-0.2, -0.15) is 0 Å². The Hall–Kier alpha value is -0.770. The maximum Gasteiger partial charge on any atom is 0.122 e. The summed E-state index contributed by atoms with van der Waals surface area (Å²) in [4.78, 5) is 2.10. The molecule has 1 aromatic rings. The second-order valence-corrected chi connectivity index (χ2v) is 3.35. The van der Waals surface area contributed by atoms with Crippen molar-refractivity contribution in [2.45, 2.75) is 6.54 Å². The molecule has 0 spiro atoms. The average molecular weight is 250 g/mol. The summed E-state index contributed by atoms with van der Waals surface area (Å²) >= 11 is 0. The van der Waals surface area contributed by atoms with Gasteiger partial charge in [-0.1, -0.05) is 24.3 Å². The first-order valence-electron chi connectivity index (χ1n) is 4.17. The fourth-order valence-corrected chi connectivity index (χ4v) is 1.15. The van der Waals surface area contributed by atoms with Crippen LogP contribution in [-0.4, -0.2) is 24.8 Å². The van der Waals surface area contributed by atoms with Gasteiger partial charge in [-0.3, -0.25) is 5.41 Å². The lowest BCUT2D eigenvalue weighted by Crippen LogP contribution is -2.12. The summed E-state index contributed by atoms with van der Waals surface area (Å²) in [5, 5.41) is 7.21. The van der Waals surface area contributed by atoms with Crippen molar-refractivity contribution in [3.8, 4) is 0 Å². The van der Waals surface area contributed by atoms with Crippen molar-refractivity contribution in [1.82, 2.24) is 4.90 Å². The molecule has 15 heavy (non-hydrogen) atoms. The Balaban J connectivity index is 0. The van der Waals surface area contributed by atoms with Gasteiger partial charge >= 0.3 is 0 Å². The van der Waals surface area contributed by atoms with Gasteiger partial charge in [0.2, 0.25) is 0 Å². The maximum atomic E-state index is 7.21. The third kappa shape index (κ3) is 5.62. The Kier molecular flexibility index (Phi) is 8.34. The predicted molar refractivity (Wildman–Crippen MR) is 69.3 cm³/mol. The first-order chi connectivity index (χ1) is 6.09. The largest absolute Gasteiger partial charge is 0.384 e. The number of nitrogen functional groups attached to an aromatic ring is 1. The Morgan fingerprint density at radius 2 is 1.67 bits per heavy atom. The Labute approximate surface area is 103 Å². The molecule has 0 unspecified atom stereocenters. The highest BCUT2D eigenvalue weighted by Crippen LogP contribution is 2.05. The molecule has 0 amide bonds. The molecule has 3 nitrogen and oxygen atoms in total. The van der Waals surface area contributed by atoms with E-state index in [4.69, 9.17) is 11.1 Å². The smallest absolute Gasteiger partial charge is 0.122 e. The van der Waals surface area contributed by atoms with Gasteiger partial charge in [-0.05, 0) is 19.7 Å². The van der Waals surface area contributed by atoms with E-state index >= 15 is 0 Å². The first-order valence-corrected chi connectivity index (χ1v) is 4.17. The maximum absolute atomic E-state index is 7.21. The molecule has 5 heteroatoms. The van der Waals surface area contributed by atoms with Crippen LogP contribution in [0, 0.1) is 5.41 Å². The average Bonchev–Trinajstić information content (AvgIpc) is 2.04. The van der Waals surface area contributed by atoms with Crippen LogP contribution in [0.4, 0.5) is 0 Å². The molecule has 1 aromatic carbocycles. The topological polar surface area (TPSA) is 53.1 Å². The molecule has 0 aromatic heterocycles. The zero-order valence-corrected chi connectivity index (χ0v) is 10.5. The van der Waals surface area contributed by atoms with E-state index in [0.717, 1.165) is 12.1 Å². The van der Waals surface area contributed by atoms with Crippen molar-refractivity contribution in [3.63, 3.8) is 0 Å². The summed E-state index contributed by atoms with van der Waals surface area (Å²) in [5.74, 6) is 0.122. The van der Waals surface area contributed by atoms with Crippen molar-refractivity contribution in [1.29, 1.82) is 5.41 Å². The highest BCUT2D eigenvalue weighted by Gasteiger charge is 1.97. The summed E-state index contributed by atoms with van der Waals surface area (Å²) in [6, 6.07) is 7.75. The molecule has 1 rings (SSSR count). The van der Waals surface area contributed by atoms with E-state index in [1.165, 1.54) is 5.56 Å². The van der Waals surface area contributed by atoms with Crippen molar-refractivity contribution >= 4 is 30.6 Å². The minimum Gasteiger partial charge on any atom is -0.384 e. The lowest BCUT2D eigenvalue weighted by Gasteiger charge is -2.09. The van der Waals surface area contributed by atoms with E-state index in [1.54, 1.807) is 0 Å². The fourth-order valence-electron chi connectivity index (χ4n) is 1.15. The van der Waals surface area contributed by atoms with Crippen LogP contribution in [-0.2, 0) is 6.54 Å². The number of hydrogen-bond acceptors (Lipinski definition) is 2. The monoisotopic (exact) mass is 249 g/mol. The fraction of sp³-hybridized carbons (Fsp3) is 0.300. The molecule has 0 heterocycles.